The number of carboxylic acids is 2. The first kappa shape index (κ1) is 105. The van der Waals surface area contributed by atoms with Crippen LogP contribution < -0.4 is 27.0 Å². The molecule has 0 saturated carbocycles. The third-order valence-corrected chi connectivity index (χ3v) is 26.2. The Kier molecular flexibility index (Phi) is 35.4. The maximum absolute atomic E-state index is 14.5. The summed E-state index contributed by atoms with van der Waals surface area (Å²) < 4.78 is 214. The van der Waals surface area contributed by atoms with Crippen LogP contribution in [0.3, 0.4) is 0 Å². The van der Waals surface area contributed by atoms with Crippen molar-refractivity contribution in [2.75, 3.05) is 106 Å². The summed E-state index contributed by atoms with van der Waals surface area (Å²) in [5.74, 6) is -11.1. The predicted octanol–water partition coefficient (Wildman–Crippen LogP) is 13.1. The van der Waals surface area contributed by atoms with Gasteiger partial charge < -0.3 is 113 Å². The summed E-state index contributed by atoms with van der Waals surface area (Å²) in [7, 11) is 1.24. The fraction of sp³-hybridized carbons (Fsp3) is 0.434. The second-order valence-corrected chi connectivity index (χ2v) is 35.0. The Balaban J connectivity index is 0.000000142. The van der Waals surface area contributed by atoms with Crippen LogP contribution >= 0.6 is 0 Å². The molecule has 19 rings (SSSR count). The number of benzene rings is 8. The van der Waals surface area contributed by atoms with E-state index in [4.69, 9.17) is 82.4 Å². The number of oxime groups is 1. The summed E-state index contributed by atoms with van der Waals surface area (Å²) in [6, 6.07) is 44.9. The number of nitrogens with two attached hydrogens (primary N) is 1. The summed E-state index contributed by atoms with van der Waals surface area (Å²) in [6.45, 7) is 3.12. The minimum atomic E-state index is -1.34. The van der Waals surface area contributed by atoms with E-state index >= 15 is 0 Å². The lowest BCUT2D eigenvalue weighted by molar-refractivity contribution is -0.169. The van der Waals surface area contributed by atoms with Gasteiger partial charge in [0.25, 0.3) is 0 Å². The highest BCUT2D eigenvalue weighted by atomic mass is 19.2. The quantitative estimate of drug-likeness (QED) is 0.0188. The number of amides is 4. The Morgan fingerprint density at radius 2 is 0.714 bits per heavy atom. The summed E-state index contributed by atoms with van der Waals surface area (Å²) in [6.07, 6.45) is -4.24. The maximum atomic E-state index is 14.5. The van der Waals surface area contributed by atoms with Crippen LogP contribution in [0, 0.1) is 93.7 Å². The van der Waals surface area contributed by atoms with Crippen molar-refractivity contribution in [2.45, 2.75) is 130 Å². The van der Waals surface area contributed by atoms with Gasteiger partial charge in [-0.3, -0.25) is 0 Å². The van der Waals surface area contributed by atoms with E-state index in [1.54, 1.807) is 0 Å². The highest BCUT2D eigenvalue weighted by Crippen LogP contribution is 2.48. The SMILES string of the molecule is C.COC(=O)[C@H]1C[C@H]2COC(=O)N[C@@]2(c2cc(F)ccc2F)CO1.N[C@@]1(c2cc(F)ccc2F)CO[C@@H](COCc2ccccc2)C[C@H]1CO.O=C1N[C@@]2(c3cc(F)ccc3F)CO[C@@H](C(=O)O)C[C@H]2CO1.O=C1N[C@@]2(c3cc(F)ccc3F)CO[C@@H](C(=O)O)C[C@H]2CO1.O=C1N[C@@]2(c3cc(F)ccc3F)CO[C@@H](COCc3ccccc3)C[C@H]2CO1.c1ccc(COC[C@H]2C[C@H]3CON=C3CO2)cc1. The van der Waals surface area contributed by atoms with E-state index in [1.807, 2.05) is 78.9 Å². The number of fused-ring (bicyclic) bond motifs is 5. The number of ether oxygens (including phenoxy) is 14. The molecule has 0 radical (unpaired) electrons. The third-order valence-electron chi connectivity index (χ3n) is 26.2. The van der Waals surface area contributed by atoms with Gasteiger partial charge in [0.15, 0.2) is 18.3 Å². The van der Waals surface area contributed by atoms with Crippen LogP contribution in [0.2, 0.25) is 0 Å². The number of methoxy groups -OCH3 is 1. The number of carboxylic acid groups (broad SMARTS) is 2. The lowest BCUT2D eigenvalue weighted by Crippen LogP contribution is -2.63. The lowest BCUT2D eigenvalue weighted by Gasteiger charge is -2.49. The maximum Gasteiger partial charge on any atom is 0.407 e. The van der Waals surface area contributed by atoms with Crippen molar-refractivity contribution in [3.63, 3.8) is 0 Å². The van der Waals surface area contributed by atoms with E-state index in [9.17, 15) is 82.6 Å². The molecule has 17 atom stereocenters. The smallest absolute Gasteiger partial charge is 0.407 e. The van der Waals surface area contributed by atoms with E-state index in [1.165, 1.54) is 12.7 Å². The molecule has 752 valence electrons. The highest BCUT2D eigenvalue weighted by Gasteiger charge is 2.58. The van der Waals surface area contributed by atoms with Crippen LogP contribution in [0.5, 0.6) is 0 Å². The summed E-state index contributed by atoms with van der Waals surface area (Å²) in [5, 5.41) is 42.1. The number of aliphatic hydroxyl groups excluding tert-OH is 1. The Labute approximate surface area is 797 Å². The van der Waals surface area contributed by atoms with Crippen molar-refractivity contribution < 1.29 is 164 Å². The number of hydrogen-bond donors (Lipinski definition) is 8. The Bertz CT molecular complexity index is 5560. The molecule has 0 bridgehead atoms. The van der Waals surface area contributed by atoms with E-state index < -0.39 is 170 Å². The number of nitrogens with zero attached hydrogens (tertiary/aromatic N) is 1. The largest absolute Gasteiger partial charge is 0.479 e. The van der Waals surface area contributed by atoms with Gasteiger partial charge in [-0.25, -0.2) is 77.5 Å². The van der Waals surface area contributed by atoms with Crippen LogP contribution in [0.15, 0.2) is 187 Å². The predicted molar refractivity (Wildman–Crippen MR) is 472 cm³/mol. The molecule has 10 fully saturated rings. The fourth-order valence-electron chi connectivity index (χ4n) is 18.7. The molecule has 0 aromatic heterocycles. The number of carbonyl (C=O) groups excluding carboxylic acids is 5. The molecule has 11 aliphatic heterocycles. The number of rotatable bonds is 21. The zero-order valence-corrected chi connectivity index (χ0v) is 74.8. The summed E-state index contributed by atoms with van der Waals surface area (Å²) in [5.41, 5.74) is 4.25. The Morgan fingerprint density at radius 1 is 0.400 bits per heavy atom. The molecule has 8 aromatic carbocycles. The van der Waals surface area contributed by atoms with Crippen molar-refractivity contribution >= 4 is 48.0 Å². The zero-order valence-electron chi connectivity index (χ0n) is 74.8. The fourth-order valence-corrected chi connectivity index (χ4v) is 18.7. The van der Waals surface area contributed by atoms with Crippen LogP contribution in [0.4, 0.5) is 63.1 Å². The van der Waals surface area contributed by atoms with Crippen LogP contribution in [0.1, 0.15) is 90.5 Å². The molecule has 41 heteroatoms. The average Bonchev–Trinajstić information content (AvgIpc) is 0.765. The lowest BCUT2D eigenvalue weighted by atomic mass is 9.73. The van der Waals surface area contributed by atoms with Gasteiger partial charge in [0.05, 0.1) is 142 Å². The van der Waals surface area contributed by atoms with Gasteiger partial charge in [-0.15, -0.1) is 0 Å². The van der Waals surface area contributed by atoms with E-state index in [-0.39, 0.29) is 145 Å². The molecule has 140 heavy (non-hydrogen) atoms. The van der Waals surface area contributed by atoms with Gasteiger partial charge in [0.1, 0.15) is 86.9 Å². The van der Waals surface area contributed by atoms with E-state index in [2.05, 4.69) is 43.3 Å². The van der Waals surface area contributed by atoms with Gasteiger partial charge in [0, 0.05) is 69.9 Å². The molecular weight excluding hydrogens is 1860 g/mol. The average molecular weight is 1970 g/mol. The first-order valence-electron chi connectivity index (χ1n) is 44.6. The van der Waals surface area contributed by atoms with Crippen molar-refractivity contribution in [1.29, 1.82) is 0 Å². The van der Waals surface area contributed by atoms with Crippen molar-refractivity contribution in [1.82, 2.24) is 21.3 Å². The molecule has 9 N–H and O–H groups in total. The number of alkyl carbamates (subject to hydrolysis) is 4. The summed E-state index contributed by atoms with van der Waals surface area (Å²) in [4.78, 5) is 85.6. The minimum absolute atomic E-state index is 0. The number of esters is 1. The van der Waals surface area contributed by atoms with Gasteiger partial charge in [-0.05, 0) is 146 Å². The Morgan fingerprint density at radius 3 is 1.07 bits per heavy atom. The first-order chi connectivity index (χ1) is 66.8. The summed E-state index contributed by atoms with van der Waals surface area (Å²) >= 11 is 0. The van der Waals surface area contributed by atoms with Crippen molar-refractivity contribution in [2.24, 2.45) is 46.4 Å². The van der Waals surface area contributed by atoms with E-state index in [0.717, 1.165) is 114 Å². The van der Waals surface area contributed by atoms with Gasteiger partial charge in [-0.2, -0.15) is 0 Å². The third kappa shape index (κ3) is 24.9. The molecule has 4 amide bonds. The molecule has 8 aromatic rings. The monoisotopic (exact) mass is 1970 g/mol. The number of hydrogen-bond acceptors (Lipinski definition) is 25. The molecule has 10 saturated heterocycles. The van der Waals surface area contributed by atoms with Crippen LogP contribution in [-0.4, -0.2) is 206 Å². The van der Waals surface area contributed by atoms with Crippen LogP contribution in [-0.2, 0) is 133 Å². The first-order valence-corrected chi connectivity index (χ1v) is 44.6. The van der Waals surface area contributed by atoms with Crippen molar-refractivity contribution in [3.8, 4) is 0 Å². The van der Waals surface area contributed by atoms with Crippen LogP contribution in [0.25, 0.3) is 0 Å². The van der Waals surface area contributed by atoms with Gasteiger partial charge in [-0.1, -0.05) is 104 Å². The number of nitrogens with one attached hydrogen (secondary N) is 4. The standard InChI is InChI=1S/C21H21F2NO4.C20H23F2NO3.C15H15F2NO5.2C14H13F2NO5.C14H17NO3.CH4/c22-16-6-7-19(23)18(9-16)21-13-28-17(8-15(21)11-27-20(25)24-21)12-26-10-14-4-2-1-3-5-14;21-16-6-7-19(22)18(9-16)20(23)13-26-17(8-15(20)10-24)12-25-11-14-4-2-1-3-5-14;1-21-13(19)12-4-8-6-22-14(20)18-15(8,7-23-12)10-5-9(16)2-3-11(10)17;2*15-8-1-2-10(16)9(4-8)14-6-22-11(12(18)19)3-7(14)5-21-13(20)17-14;1-2-4-11(5-3-1)7-16-9-13-6-12-8-18-15-14(12)10-17-13;/h1-7,9,15,17H,8,10-13H2,(H,24,25);1-7,9,15,17,24H,8,10-13,23H2;2-3,5,8,12H,4,6-7H2,1H3,(H,18,20);2*1-2,4,7,11H,3,5-6H2,(H,17,20)(H,18,19);1-5,12-13H,6-10H2;1H4/t15-,17+,21-;15-,17+,20-;8-,12+,15-;2*7-,11+,14-;12-,13+;/m000000./s1. The van der Waals surface area contributed by atoms with Gasteiger partial charge >= 0.3 is 42.3 Å². The van der Waals surface area contributed by atoms with Gasteiger partial charge in [0.2, 0.25) is 0 Å². The molecule has 11 aliphatic rings. The zero-order chi connectivity index (χ0) is 98.8. The number of aliphatic hydroxyl groups is 1. The number of halogens is 10. The van der Waals surface area contributed by atoms with E-state index in [0.29, 0.717) is 71.6 Å². The second-order valence-electron chi connectivity index (χ2n) is 35.0. The highest BCUT2D eigenvalue weighted by molar-refractivity contribution is 5.89. The molecule has 0 spiro atoms. The molecular formula is C99H106F10N6O25. The van der Waals surface area contributed by atoms with Crippen molar-refractivity contribution in [3.05, 3.63) is 285 Å². The number of carbonyl (C=O) groups is 7. The molecule has 0 unspecified atom stereocenters. The number of aliphatic carboxylic acids is 2. The molecule has 0 aliphatic carbocycles. The second kappa shape index (κ2) is 47.2. The Hall–Kier alpha value is -12.4. The normalized spacial score (nSPS) is 28.2. The molecule has 31 nitrogen and oxygen atoms in total. The number of cyclic esters (lactones) is 4. The topological polar surface area (TPSA) is 405 Å². The minimum Gasteiger partial charge on any atom is -0.479 e. The molecule has 11 heterocycles.